The number of fused-ring (bicyclic) bond motifs is 4. The lowest BCUT2D eigenvalue weighted by Gasteiger charge is -2.37. The molecule has 4 rings (SSSR count). The third-order valence-corrected chi connectivity index (χ3v) is 9.20. The predicted octanol–water partition coefficient (Wildman–Crippen LogP) is 6.03. The molecule has 4 bridgehead atoms. The molecule has 44 heavy (non-hydrogen) atoms. The largest absolute Gasteiger partial charge is 0.466 e. The number of likely N-dealkylation sites (tertiary alicyclic amines) is 1. The van der Waals surface area contributed by atoms with Gasteiger partial charge in [-0.1, -0.05) is 37.6 Å². The minimum atomic E-state index is -0.395. The molecule has 4 aliphatic rings. The van der Waals surface area contributed by atoms with Crippen molar-refractivity contribution < 1.29 is 33.3 Å². The normalized spacial score (nSPS) is 33.6. The van der Waals surface area contributed by atoms with Gasteiger partial charge in [-0.05, 0) is 82.6 Å². The number of rotatable bonds is 7. The molecule has 0 saturated carbocycles. The van der Waals surface area contributed by atoms with Crippen molar-refractivity contribution in [3.05, 3.63) is 36.0 Å². The summed E-state index contributed by atoms with van der Waals surface area (Å²) in [6.07, 6.45) is 20.5. The average molecular weight is 615 g/mol. The number of allylic oxidation sites excluding steroid dienone is 2. The smallest absolute Gasteiger partial charge is 0.330 e. The van der Waals surface area contributed by atoms with E-state index in [2.05, 4.69) is 37.4 Å². The maximum atomic E-state index is 13.3. The highest BCUT2D eigenvalue weighted by Crippen LogP contribution is 2.33. The van der Waals surface area contributed by atoms with E-state index >= 15 is 0 Å². The first-order valence-electron chi connectivity index (χ1n) is 16.9. The first kappa shape index (κ1) is 34.2. The molecule has 0 radical (unpaired) electrons. The summed E-state index contributed by atoms with van der Waals surface area (Å²) >= 11 is 0. The van der Waals surface area contributed by atoms with Crippen LogP contribution in [-0.2, 0) is 28.5 Å². The van der Waals surface area contributed by atoms with Crippen LogP contribution in [0.3, 0.4) is 0 Å². The monoisotopic (exact) mass is 614 g/mol. The number of unbranched alkanes of at least 4 members (excludes halogenated alkanes) is 2. The second-order valence-corrected chi connectivity index (χ2v) is 13.1. The van der Waals surface area contributed by atoms with Crippen LogP contribution >= 0.6 is 0 Å². The zero-order valence-electron chi connectivity index (χ0n) is 27.0. The van der Waals surface area contributed by atoms with E-state index in [-0.39, 0.29) is 54.7 Å². The molecule has 0 spiro atoms. The number of cyclic esters (lactones) is 1. The fourth-order valence-corrected chi connectivity index (χ4v) is 6.78. The molecule has 4 heterocycles. The van der Waals surface area contributed by atoms with Crippen molar-refractivity contribution in [2.24, 2.45) is 11.8 Å². The highest BCUT2D eigenvalue weighted by atomic mass is 16.6. The van der Waals surface area contributed by atoms with Crippen molar-refractivity contribution >= 4 is 18.0 Å². The molecule has 9 nitrogen and oxygen atoms in total. The summed E-state index contributed by atoms with van der Waals surface area (Å²) in [5, 5.41) is 3.02. The van der Waals surface area contributed by atoms with E-state index < -0.39 is 6.10 Å². The molecular formula is C35H54N2O7. The summed E-state index contributed by atoms with van der Waals surface area (Å²) in [6.45, 7) is 6.68. The first-order chi connectivity index (χ1) is 21.3. The summed E-state index contributed by atoms with van der Waals surface area (Å²) in [4.78, 5) is 39.4. The summed E-state index contributed by atoms with van der Waals surface area (Å²) in [7, 11) is 1.38. The molecule has 9 heteroatoms. The van der Waals surface area contributed by atoms with Crippen molar-refractivity contribution in [3.8, 4) is 0 Å². The molecular weight excluding hydrogens is 560 g/mol. The maximum absolute atomic E-state index is 13.3. The van der Waals surface area contributed by atoms with Gasteiger partial charge in [-0.2, -0.15) is 0 Å². The molecule has 3 saturated heterocycles. The molecule has 246 valence electrons. The molecule has 2 amide bonds. The Hall–Kier alpha value is -2.65. The van der Waals surface area contributed by atoms with Crippen molar-refractivity contribution in [3.63, 3.8) is 0 Å². The number of ether oxygens (including phenoxy) is 4. The van der Waals surface area contributed by atoms with Crippen LogP contribution in [0.2, 0.25) is 0 Å². The first-order valence-corrected chi connectivity index (χ1v) is 16.9. The highest BCUT2D eigenvalue weighted by Gasteiger charge is 2.33. The van der Waals surface area contributed by atoms with Gasteiger partial charge in [-0.25, -0.2) is 9.59 Å². The van der Waals surface area contributed by atoms with E-state index in [0.717, 1.165) is 82.9 Å². The van der Waals surface area contributed by atoms with Gasteiger partial charge in [0.25, 0.3) is 0 Å². The second kappa shape index (κ2) is 17.7. The van der Waals surface area contributed by atoms with Gasteiger partial charge in [0.15, 0.2) is 0 Å². The Morgan fingerprint density at radius 2 is 1.68 bits per heavy atom. The van der Waals surface area contributed by atoms with Crippen LogP contribution in [-0.4, -0.2) is 80.1 Å². The molecule has 0 aromatic rings. The Morgan fingerprint density at radius 1 is 0.955 bits per heavy atom. The second-order valence-electron chi connectivity index (χ2n) is 13.1. The van der Waals surface area contributed by atoms with Gasteiger partial charge in [0.05, 0.1) is 37.9 Å². The van der Waals surface area contributed by atoms with Gasteiger partial charge in [-0.3, -0.25) is 4.79 Å². The van der Waals surface area contributed by atoms with E-state index in [9.17, 15) is 14.4 Å². The molecule has 4 aliphatic heterocycles. The fourth-order valence-electron chi connectivity index (χ4n) is 6.78. The summed E-state index contributed by atoms with van der Waals surface area (Å²) < 4.78 is 23.9. The Balaban J connectivity index is 1.38. The van der Waals surface area contributed by atoms with Gasteiger partial charge in [0.1, 0.15) is 6.10 Å². The quantitative estimate of drug-likeness (QED) is 0.162. The number of hydrogen-bond donors (Lipinski definition) is 1. The van der Waals surface area contributed by atoms with E-state index in [1.165, 1.54) is 7.11 Å². The van der Waals surface area contributed by atoms with Crippen LogP contribution in [0.15, 0.2) is 36.0 Å². The standard InChI is InChI=1S/C35H54N2O7/c1-25-14-15-26(2)32(13-6-4-5-7-16-36-35(40)37-17-8-9-18-37)44-34(39)24-31-21-27(22-33(38)41-3)20-30(43-31)23-29-12-10-11-28(19-25)42-29/h6,13-15,22,25-26,28-32H,4-5,7-12,16-21,23-24H2,1-3H3,(H,36,40)/b13-6+,15-14+,27-22-. The van der Waals surface area contributed by atoms with Crippen molar-refractivity contribution in [2.45, 2.75) is 128 Å². The summed E-state index contributed by atoms with van der Waals surface area (Å²) in [5.41, 5.74) is 0.942. The maximum Gasteiger partial charge on any atom is 0.330 e. The lowest BCUT2D eigenvalue weighted by molar-refractivity contribution is -0.154. The van der Waals surface area contributed by atoms with Crippen LogP contribution in [0.25, 0.3) is 0 Å². The number of carbonyl (C=O) groups is 3. The zero-order valence-corrected chi connectivity index (χ0v) is 27.0. The average Bonchev–Trinajstić information content (AvgIpc) is 3.54. The van der Waals surface area contributed by atoms with Gasteiger partial charge < -0.3 is 29.2 Å². The van der Waals surface area contributed by atoms with E-state index in [1.54, 1.807) is 6.08 Å². The van der Waals surface area contributed by atoms with Gasteiger partial charge in [0.2, 0.25) is 0 Å². The Labute approximate surface area is 263 Å². The molecule has 7 atom stereocenters. The minimum absolute atomic E-state index is 0.000122. The highest BCUT2D eigenvalue weighted by molar-refractivity contribution is 5.82. The van der Waals surface area contributed by atoms with Crippen LogP contribution < -0.4 is 5.32 Å². The van der Waals surface area contributed by atoms with E-state index in [0.29, 0.717) is 25.3 Å². The Bertz CT molecular complexity index is 1030. The van der Waals surface area contributed by atoms with Crippen molar-refractivity contribution in [1.82, 2.24) is 10.2 Å². The molecule has 0 aromatic heterocycles. The lowest BCUT2D eigenvalue weighted by atomic mass is 9.89. The van der Waals surface area contributed by atoms with Gasteiger partial charge >= 0.3 is 18.0 Å². The van der Waals surface area contributed by atoms with Crippen molar-refractivity contribution in [1.29, 1.82) is 0 Å². The molecule has 3 fully saturated rings. The zero-order chi connectivity index (χ0) is 31.3. The minimum Gasteiger partial charge on any atom is -0.466 e. The topological polar surface area (TPSA) is 103 Å². The Kier molecular flexibility index (Phi) is 13.8. The fraction of sp³-hybridized carbons (Fsp3) is 0.743. The number of methoxy groups -OCH3 is 1. The summed E-state index contributed by atoms with van der Waals surface area (Å²) in [5.74, 6) is -0.344. The summed E-state index contributed by atoms with van der Waals surface area (Å²) in [6, 6.07) is 0.0434. The number of hydrogen-bond acceptors (Lipinski definition) is 7. The number of esters is 2. The number of amides is 2. The molecule has 0 aromatic carbocycles. The van der Waals surface area contributed by atoms with Crippen LogP contribution in [0, 0.1) is 11.8 Å². The predicted molar refractivity (Wildman–Crippen MR) is 169 cm³/mol. The molecule has 0 aliphatic carbocycles. The molecule has 1 N–H and O–H groups in total. The Morgan fingerprint density at radius 3 is 2.45 bits per heavy atom. The number of nitrogens with one attached hydrogen (secondary N) is 1. The van der Waals surface area contributed by atoms with Gasteiger partial charge in [0, 0.05) is 38.0 Å². The van der Waals surface area contributed by atoms with E-state index in [4.69, 9.17) is 18.9 Å². The van der Waals surface area contributed by atoms with Crippen LogP contribution in [0.1, 0.15) is 97.3 Å². The number of carbonyl (C=O) groups excluding carboxylic acids is 3. The lowest BCUT2D eigenvalue weighted by Crippen LogP contribution is -2.38. The SMILES string of the molecule is COC(=O)/C=C1\CC2CC(=O)OC(/C=C/CCCCNC(=O)N3CCCC3)C(C)/C=C/C(C)CC3CCCC(CC(C1)O2)O3. The van der Waals surface area contributed by atoms with Crippen molar-refractivity contribution in [2.75, 3.05) is 26.7 Å². The number of urea groups is 1. The van der Waals surface area contributed by atoms with Gasteiger partial charge in [-0.15, -0.1) is 0 Å². The van der Waals surface area contributed by atoms with Crippen LogP contribution in [0.5, 0.6) is 0 Å². The third-order valence-electron chi connectivity index (χ3n) is 9.20. The molecule has 7 unspecified atom stereocenters. The van der Waals surface area contributed by atoms with Crippen LogP contribution in [0.4, 0.5) is 4.79 Å². The number of nitrogens with zero attached hydrogens (tertiary/aromatic N) is 1. The van der Waals surface area contributed by atoms with E-state index in [1.807, 2.05) is 11.0 Å². The third kappa shape index (κ3) is 11.4.